The molecule has 0 aromatic heterocycles. The van der Waals surface area contributed by atoms with Gasteiger partial charge in [0.2, 0.25) is 0 Å². The van der Waals surface area contributed by atoms with Gasteiger partial charge in [-0.3, -0.25) is 0 Å². The first kappa shape index (κ1) is 30.1. The van der Waals surface area contributed by atoms with Crippen molar-refractivity contribution in [3.63, 3.8) is 0 Å². The molecule has 0 heterocycles. The molecule has 3 nitrogen and oxygen atoms in total. The molecule has 5 heteroatoms. The second-order valence-corrected chi connectivity index (χ2v) is 10.3. The number of hydrogen-bond donors (Lipinski definition) is 0. The minimum absolute atomic E-state index is 0.0136. The summed E-state index contributed by atoms with van der Waals surface area (Å²) in [6.07, 6.45) is 15.3. The highest BCUT2D eigenvalue weighted by atomic mass is 127. The fourth-order valence-corrected chi connectivity index (χ4v) is 4.01. The second-order valence-electron chi connectivity index (χ2n) is 6.87. The molecule has 0 aromatic carbocycles. The molecule has 0 spiro atoms. The van der Waals surface area contributed by atoms with Crippen LogP contribution >= 0.6 is 45.2 Å². The van der Waals surface area contributed by atoms with Crippen molar-refractivity contribution in [1.82, 2.24) is 0 Å². The lowest BCUT2D eigenvalue weighted by molar-refractivity contribution is -0.0935. The fourth-order valence-electron chi connectivity index (χ4n) is 2.88. The molecule has 0 amide bonds. The van der Waals surface area contributed by atoms with Gasteiger partial charge in [0.1, 0.15) is 6.79 Å². The quantitative estimate of drug-likeness (QED) is 0.161. The molecule has 0 saturated heterocycles. The Bertz CT molecular complexity index is 549. The summed E-state index contributed by atoms with van der Waals surface area (Å²) in [5, 5.41) is 0. The maximum absolute atomic E-state index is 5.59. The smallest absolute Gasteiger partial charge is 0.146 e. The van der Waals surface area contributed by atoms with E-state index in [1.807, 2.05) is 13.8 Å². The Morgan fingerprint density at radius 2 is 1.25 bits per heavy atom. The van der Waals surface area contributed by atoms with Crippen LogP contribution in [0, 0.1) is 48.4 Å². The maximum atomic E-state index is 5.59. The summed E-state index contributed by atoms with van der Waals surface area (Å²) in [7, 11) is 3.33. The van der Waals surface area contributed by atoms with Crippen LogP contribution in [0.5, 0.6) is 0 Å². The number of methoxy groups -OCH3 is 2. The highest BCUT2D eigenvalue weighted by Crippen LogP contribution is 2.21. The molecular formula is C23H36I2O3. The lowest BCUT2D eigenvalue weighted by Gasteiger charge is -2.24. The van der Waals surface area contributed by atoms with Crippen molar-refractivity contribution in [2.24, 2.45) is 23.7 Å². The predicted molar refractivity (Wildman–Crippen MR) is 137 cm³/mol. The molecule has 0 aromatic rings. The van der Waals surface area contributed by atoms with Crippen LogP contribution in [0.25, 0.3) is 0 Å². The standard InChI is InChI=1S/C12H19IO2.C11H17IO/c1-6-9(2)12(15-8-14-5)10(3)7-11(4)13;1-6-8(2)11(13-5)9(3)7-10(4)12/h1,7,9-10,12H,8H2,2-5H3;1,7-9,11H,2-5H3/b11-7-;10-7-/t9-,10-,12-;8-,9-,11-/m00/s1. The SMILES string of the molecule is C#C[C@H](C)[C@H](OC)[C@@H](C)/C=C(/C)I.C#C[C@H](C)[C@H](OCOC)[C@@H](C)/C=C(/C)I. The fraction of sp³-hybridized carbons (Fsp3) is 0.652. The molecule has 0 aliphatic heterocycles. The Morgan fingerprint density at radius 1 is 0.857 bits per heavy atom. The number of hydrogen-bond acceptors (Lipinski definition) is 3. The van der Waals surface area contributed by atoms with E-state index < -0.39 is 0 Å². The normalized spacial score (nSPS) is 18.4. The van der Waals surface area contributed by atoms with E-state index in [2.05, 4.69) is 96.9 Å². The van der Waals surface area contributed by atoms with Crippen molar-refractivity contribution >= 4 is 45.2 Å². The van der Waals surface area contributed by atoms with E-state index in [-0.39, 0.29) is 30.8 Å². The van der Waals surface area contributed by atoms with E-state index in [4.69, 9.17) is 27.1 Å². The Hall–Kier alpha value is -0.0600. The summed E-state index contributed by atoms with van der Waals surface area (Å²) in [5.41, 5.74) is 0. The number of halogens is 2. The van der Waals surface area contributed by atoms with E-state index in [9.17, 15) is 0 Å². The molecule has 6 atom stereocenters. The van der Waals surface area contributed by atoms with E-state index in [0.717, 1.165) is 0 Å². The molecule has 0 fully saturated rings. The van der Waals surface area contributed by atoms with E-state index in [1.54, 1.807) is 14.2 Å². The van der Waals surface area contributed by atoms with Gasteiger partial charge in [-0.15, -0.1) is 24.7 Å². The zero-order chi connectivity index (χ0) is 22.3. The van der Waals surface area contributed by atoms with Crippen LogP contribution in [0.1, 0.15) is 41.5 Å². The molecule has 0 bridgehead atoms. The highest BCUT2D eigenvalue weighted by Gasteiger charge is 2.22. The summed E-state index contributed by atoms with van der Waals surface area (Å²) in [4.78, 5) is 0. The minimum atomic E-state index is 0.0136. The zero-order valence-electron chi connectivity index (χ0n) is 18.5. The van der Waals surface area contributed by atoms with E-state index >= 15 is 0 Å². The van der Waals surface area contributed by atoms with Gasteiger partial charge in [-0.1, -0.05) is 26.0 Å². The first-order valence-electron chi connectivity index (χ1n) is 9.28. The van der Waals surface area contributed by atoms with E-state index in [1.165, 1.54) is 7.16 Å². The van der Waals surface area contributed by atoms with Gasteiger partial charge < -0.3 is 14.2 Å². The maximum Gasteiger partial charge on any atom is 0.146 e. The van der Waals surface area contributed by atoms with Gasteiger partial charge in [0, 0.05) is 37.9 Å². The van der Waals surface area contributed by atoms with Gasteiger partial charge in [-0.25, -0.2) is 0 Å². The van der Waals surface area contributed by atoms with Crippen LogP contribution < -0.4 is 0 Å². The van der Waals surface area contributed by atoms with Crippen molar-refractivity contribution in [1.29, 1.82) is 0 Å². The molecule has 0 radical (unpaired) electrons. The van der Waals surface area contributed by atoms with Crippen molar-refractivity contribution in [3.05, 3.63) is 19.3 Å². The Morgan fingerprint density at radius 3 is 1.57 bits per heavy atom. The molecule has 0 rings (SSSR count). The van der Waals surface area contributed by atoms with Gasteiger partial charge in [0.05, 0.1) is 12.2 Å². The third-order valence-electron chi connectivity index (χ3n) is 4.18. The molecule has 0 aliphatic rings. The van der Waals surface area contributed by atoms with Crippen LogP contribution in [0.15, 0.2) is 19.3 Å². The first-order chi connectivity index (χ1) is 13.0. The number of terminal acetylenes is 2. The third kappa shape index (κ3) is 14.0. The summed E-state index contributed by atoms with van der Waals surface area (Å²) >= 11 is 4.58. The van der Waals surface area contributed by atoms with Crippen LogP contribution in [0.3, 0.4) is 0 Å². The van der Waals surface area contributed by atoms with Gasteiger partial charge >= 0.3 is 0 Å². The number of ether oxygens (including phenoxy) is 3. The molecule has 160 valence electrons. The number of rotatable bonds is 10. The monoisotopic (exact) mass is 614 g/mol. The van der Waals surface area contributed by atoms with Gasteiger partial charge in [0.25, 0.3) is 0 Å². The molecular weight excluding hydrogens is 578 g/mol. The molecule has 0 aliphatic carbocycles. The largest absolute Gasteiger partial charge is 0.380 e. The van der Waals surface area contributed by atoms with Gasteiger partial charge in [0.15, 0.2) is 0 Å². The predicted octanol–water partition coefficient (Wildman–Crippen LogP) is 6.47. The van der Waals surface area contributed by atoms with Crippen LogP contribution in [0.2, 0.25) is 0 Å². The lowest BCUT2D eigenvalue weighted by atomic mass is 9.93. The van der Waals surface area contributed by atoms with Crippen molar-refractivity contribution in [2.45, 2.75) is 53.8 Å². The van der Waals surface area contributed by atoms with E-state index in [0.29, 0.717) is 11.8 Å². The number of allylic oxidation sites excluding steroid dienone is 2. The lowest BCUT2D eigenvalue weighted by Crippen LogP contribution is -2.28. The minimum Gasteiger partial charge on any atom is -0.380 e. The summed E-state index contributed by atoms with van der Waals surface area (Å²) < 4.78 is 18.4. The summed E-state index contributed by atoms with van der Waals surface area (Å²) in [5.74, 6) is 6.34. The van der Waals surface area contributed by atoms with Crippen LogP contribution in [0.4, 0.5) is 0 Å². The topological polar surface area (TPSA) is 27.7 Å². The van der Waals surface area contributed by atoms with Crippen molar-refractivity contribution in [3.8, 4) is 24.7 Å². The summed E-state index contributed by atoms with van der Waals surface area (Å²) in [6.45, 7) is 12.7. The molecule has 0 saturated carbocycles. The molecule has 28 heavy (non-hydrogen) atoms. The molecule has 0 N–H and O–H groups in total. The first-order valence-corrected chi connectivity index (χ1v) is 11.4. The Kier molecular flexibility index (Phi) is 19.1. The third-order valence-corrected chi connectivity index (χ3v) is 4.90. The van der Waals surface area contributed by atoms with Crippen LogP contribution in [-0.2, 0) is 14.2 Å². The molecule has 0 unspecified atom stereocenters. The van der Waals surface area contributed by atoms with Crippen molar-refractivity contribution in [2.75, 3.05) is 21.0 Å². The highest BCUT2D eigenvalue weighted by molar-refractivity contribution is 14.1. The van der Waals surface area contributed by atoms with Gasteiger partial charge in [-0.05, 0) is 80.0 Å². The average Bonchev–Trinajstić information content (AvgIpc) is 2.61. The second kappa shape index (κ2) is 17.8. The average molecular weight is 614 g/mol. The van der Waals surface area contributed by atoms with Gasteiger partial charge in [-0.2, -0.15) is 0 Å². The summed E-state index contributed by atoms with van der Waals surface area (Å²) in [6, 6.07) is 0. The van der Waals surface area contributed by atoms with Crippen molar-refractivity contribution < 1.29 is 14.2 Å². The zero-order valence-corrected chi connectivity index (χ0v) is 22.8. The Balaban J connectivity index is 0. The Labute approximate surface area is 200 Å². The van der Waals surface area contributed by atoms with Crippen LogP contribution in [-0.4, -0.2) is 33.2 Å².